The molecule has 1 saturated heterocycles. The summed E-state index contributed by atoms with van der Waals surface area (Å²) < 4.78 is 74.8. The first kappa shape index (κ1) is 27.4. The maximum Gasteiger partial charge on any atom is 0.298 e. The van der Waals surface area contributed by atoms with Gasteiger partial charge in [0.2, 0.25) is 0 Å². The molecule has 2 unspecified atom stereocenters. The number of rotatable bonds is 7. The van der Waals surface area contributed by atoms with Crippen molar-refractivity contribution in [3.8, 4) is 11.3 Å². The van der Waals surface area contributed by atoms with Crippen molar-refractivity contribution in [3.63, 3.8) is 0 Å². The number of aromatic amines is 1. The van der Waals surface area contributed by atoms with Gasteiger partial charge in [0.25, 0.3) is 5.65 Å². The summed E-state index contributed by atoms with van der Waals surface area (Å²) >= 11 is 5.13. The van der Waals surface area contributed by atoms with Gasteiger partial charge in [-0.05, 0) is 52.9 Å². The van der Waals surface area contributed by atoms with Crippen molar-refractivity contribution in [1.29, 1.82) is 0 Å². The Hall–Kier alpha value is -1.79. The van der Waals surface area contributed by atoms with E-state index in [4.69, 9.17) is 0 Å². The first-order valence-electron chi connectivity index (χ1n) is 12.0. The summed E-state index contributed by atoms with van der Waals surface area (Å²) in [6.07, 6.45) is 2.32. The second-order valence-electron chi connectivity index (χ2n) is 9.49. The van der Waals surface area contributed by atoms with E-state index in [1.807, 2.05) is 65.2 Å². The van der Waals surface area contributed by atoms with Crippen LogP contribution in [-0.2, 0) is 26.8 Å². The van der Waals surface area contributed by atoms with Gasteiger partial charge in [-0.1, -0.05) is 41.7 Å². The summed E-state index contributed by atoms with van der Waals surface area (Å²) in [6.45, 7) is 0.766. The Bertz CT molecular complexity index is 1850. The number of hydrogen-bond acceptors (Lipinski definition) is 8. The van der Waals surface area contributed by atoms with Gasteiger partial charge in [-0.15, -0.1) is 0 Å². The molecule has 4 heterocycles. The van der Waals surface area contributed by atoms with Gasteiger partial charge in [-0.2, -0.15) is 0 Å². The molecule has 39 heavy (non-hydrogen) atoms. The highest BCUT2D eigenvalue weighted by Gasteiger charge is 2.59. The quantitative estimate of drug-likeness (QED) is 0.130. The van der Waals surface area contributed by atoms with Crippen molar-refractivity contribution >= 4 is 88.0 Å². The average molecular weight is 716 g/mol. The van der Waals surface area contributed by atoms with Crippen LogP contribution in [0.1, 0.15) is 17.8 Å². The number of hydrogen-bond donors (Lipinski definition) is 1. The zero-order valence-electron chi connectivity index (χ0n) is 20.2. The highest BCUT2D eigenvalue weighted by molar-refractivity contribution is 14.1. The minimum absolute atomic E-state index is 0.0291. The Morgan fingerprint density at radius 1 is 1.10 bits per heavy atom. The second kappa shape index (κ2) is 9.94. The van der Waals surface area contributed by atoms with Crippen molar-refractivity contribution in [1.82, 2.24) is 9.47 Å². The molecule has 0 saturated carbocycles. The molecule has 1 fully saturated rings. The summed E-state index contributed by atoms with van der Waals surface area (Å²) in [5.74, 6) is -0.491. The molecule has 2 aliphatic rings. The van der Waals surface area contributed by atoms with Gasteiger partial charge in [-0.3, -0.25) is 0 Å². The second-order valence-corrected chi connectivity index (χ2v) is 15.9. The predicted octanol–water partition coefficient (Wildman–Crippen LogP) is 4.41. The number of fused-ring (bicyclic) bond motifs is 3. The van der Waals surface area contributed by atoms with Crippen molar-refractivity contribution < 1.29 is 30.5 Å². The van der Waals surface area contributed by atoms with E-state index in [1.165, 1.54) is 23.1 Å². The summed E-state index contributed by atoms with van der Waals surface area (Å²) in [7, 11) is -8.95. The Morgan fingerprint density at radius 2 is 1.87 bits per heavy atom. The summed E-state index contributed by atoms with van der Waals surface area (Å²) in [4.78, 5) is 4.35. The maximum atomic E-state index is 12.3. The van der Waals surface area contributed by atoms with Crippen LogP contribution < -0.4 is 9.05 Å². The fourth-order valence-corrected chi connectivity index (χ4v) is 10.0. The Balaban J connectivity index is 1.48. The molecule has 2 aromatic carbocycles. The molecule has 4 aromatic rings. The van der Waals surface area contributed by atoms with Crippen LogP contribution in [0.4, 0.5) is 5.69 Å². The van der Waals surface area contributed by atoms with Crippen LogP contribution in [0.2, 0.25) is 0 Å². The number of quaternary nitrogens is 1. The van der Waals surface area contributed by atoms with Crippen LogP contribution in [0.5, 0.6) is 0 Å². The molecule has 1 spiro atoms. The van der Waals surface area contributed by atoms with Crippen LogP contribution in [-0.4, -0.2) is 48.6 Å². The smallest absolute Gasteiger partial charge is 0.298 e. The molecule has 1 N–H and O–H groups in total. The molecule has 2 aliphatic heterocycles. The van der Waals surface area contributed by atoms with Crippen LogP contribution in [0.25, 0.3) is 27.7 Å². The molecule has 0 bridgehead atoms. The predicted molar refractivity (Wildman–Crippen MR) is 159 cm³/mol. The lowest BCUT2D eigenvalue weighted by atomic mass is 10.1. The van der Waals surface area contributed by atoms with E-state index in [9.17, 15) is 25.9 Å². The van der Waals surface area contributed by atoms with E-state index in [1.54, 1.807) is 0 Å². The Morgan fingerprint density at radius 3 is 2.54 bits per heavy atom. The monoisotopic (exact) mass is 715 g/mol. The number of aromatic nitrogens is 2. The molecule has 0 aliphatic carbocycles. The SMILES string of the molecule is O=S(=O)([O-])CCC[n+]1c(C=C2Sc3ccc(I)cc3[N+]23CCC3S(=O)(=O)[O-])sc2cc(-c3ccccc3)[nH]c21. The fraction of sp³-hybridized carbons (Fsp3) is 0.240. The van der Waals surface area contributed by atoms with Crippen LogP contribution in [0.15, 0.2) is 64.5 Å². The van der Waals surface area contributed by atoms with E-state index in [0.29, 0.717) is 6.54 Å². The highest BCUT2D eigenvalue weighted by atomic mass is 127. The fourth-order valence-electron chi connectivity index (χ4n) is 5.32. The van der Waals surface area contributed by atoms with Crippen LogP contribution in [0, 0.1) is 3.57 Å². The molecular weight excluding hydrogens is 693 g/mol. The van der Waals surface area contributed by atoms with Gasteiger partial charge >= 0.3 is 0 Å². The molecule has 14 heteroatoms. The number of benzene rings is 2. The van der Waals surface area contributed by atoms with Gasteiger partial charge in [0, 0.05) is 27.0 Å². The molecule has 2 aromatic heterocycles. The number of halogens is 1. The molecule has 0 amide bonds. The molecule has 2 atom stereocenters. The van der Waals surface area contributed by atoms with Gasteiger partial charge in [-0.25, -0.2) is 30.9 Å². The first-order chi connectivity index (χ1) is 18.5. The summed E-state index contributed by atoms with van der Waals surface area (Å²) in [5.41, 5.74) is 3.50. The maximum absolute atomic E-state index is 12.3. The number of thioether (sulfide) groups is 1. The lowest BCUT2D eigenvalue weighted by Crippen LogP contribution is -2.66. The van der Waals surface area contributed by atoms with E-state index < -0.39 is 31.4 Å². The van der Waals surface area contributed by atoms with Crippen molar-refractivity contribution in [2.45, 2.75) is 29.7 Å². The van der Waals surface area contributed by atoms with Crippen molar-refractivity contribution in [3.05, 3.63) is 68.2 Å². The third-order valence-electron chi connectivity index (χ3n) is 7.13. The van der Waals surface area contributed by atoms with E-state index in [-0.39, 0.29) is 23.9 Å². The first-order valence-corrected chi connectivity index (χ1v) is 17.8. The van der Waals surface area contributed by atoms with E-state index in [2.05, 4.69) is 27.6 Å². The van der Waals surface area contributed by atoms with Gasteiger partial charge < -0.3 is 9.11 Å². The number of aryl methyl sites for hydroxylation is 1. The lowest BCUT2D eigenvalue weighted by Gasteiger charge is -2.49. The largest absolute Gasteiger partial charge is 0.748 e. The topological polar surface area (TPSA) is 134 Å². The minimum atomic E-state index is -4.57. The third-order valence-corrected chi connectivity index (χ3v) is 12.2. The summed E-state index contributed by atoms with van der Waals surface area (Å²) in [6, 6.07) is 17.7. The molecule has 6 rings (SSSR count). The van der Waals surface area contributed by atoms with E-state index in [0.717, 1.165) is 45.8 Å². The molecule has 204 valence electrons. The number of thiazole rings is 1. The van der Waals surface area contributed by atoms with Gasteiger partial charge in [0.05, 0.1) is 40.6 Å². The Labute approximate surface area is 247 Å². The molecule has 9 nitrogen and oxygen atoms in total. The average Bonchev–Trinajstić information content (AvgIpc) is 3.48. The molecular formula is C25H22IN3O6S4. The number of nitrogens with zero attached hydrogens (tertiary/aromatic N) is 2. The Kier molecular flexibility index (Phi) is 6.98. The minimum Gasteiger partial charge on any atom is -0.748 e. The van der Waals surface area contributed by atoms with Crippen molar-refractivity contribution in [2.75, 3.05) is 12.3 Å². The van der Waals surface area contributed by atoms with E-state index >= 15 is 0 Å². The standard InChI is InChI=1S/C25H22IN3O6S4/c26-17-7-8-20-19(13-17)29(11-9-24(29)39(33,34)35)23(37-20)15-22-28(10-4-12-38(30,31)32)25-21(36-22)14-18(27-25)16-5-2-1-3-6-16/h1-3,5-8,13-15,24,27H,4,9-12H2. The van der Waals surface area contributed by atoms with Gasteiger partial charge in [0.1, 0.15) is 10.4 Å². The van der Waals surface area contributed by atoms with Crippen LogP contribution in [0.3, 0.4) is 0 Å². The number of nitrogens with one attached hydrogen (secondary N) is 1. The number of H-pyrrole nitrogens is 1. The zero-order chi connectivity index (χ0) is 27.6. The summed E-state index contributed by atoms with van der Waals surface area (Å²) in [5, 5.41) is 0.403. The lowest BCUT2D eigenvalue weighted by molar-refractivity contribution is -0.670. The molecule has 0 radical (unpaired) electrons. The highest BCUT2D eigenvalue weighted by Crippen LogP contribution is 2.58. The zero-order valence-corrected chi connectivity index (χ0v) is 25.7. The van der Waals surface area contributed by atoms with Crippen molar-refractivity contribution in [2.24, 2.45) is 0 Å². The van der Waals surface area contributed by atoms with Gasteiger partial charge in [0.15, 0.2) is 31.2 Å². The van der Waals surface area contributed by atoms with Crippen LogP contribution >= 0.6 is 45.7 Å². The normalized spacial score (nSPS) is 22.0. The third kappa shape index (κ3) is 4.98.